The molecule has 0 aliphatic carbocycles. The van der Waals surface area contributed by atoms with Crippen molar-refractivity contribution in [1.82, 2.24) is 33.9 Å². The third kappa shape index (κ3) is 3.37. The van der Waals surface area contributed by atoms with Crippen LogP contribution in [0.25, 0.3) is 22.4 Å². The summed E-state index contributed by atoms with van der Waals surface area (Å²) in [5.74, 6) is -2.67. The second kappa shape index (κ2) is 7.39. The highest BCUT2D eigenvalue weighted by atomic mass is 19.3. The largest absolute Gasteiger partial charge is 0.479 e. The number of imidazole rings is 1. The van der Waals surface area contributed by atoms with Crippen LogP contribution >= 0.6 is 0 Å². The Morgan fingerprint density at radius 2 is 2.16 bits per heavy atom. The van der Waals surface area contributed by atoms with Crippen molar-refractivity contribution in [2.24, 2.45) is 0 Å². The van der Waals surface area contributed by atoms with E-state index in [0.717, 1.165) is 16.0 Å². The Kier molecular flexibility index (Phi) is 4.64. The number of amides is 1. The van der Waals surface area contributed by atoms with E-state index in [4.69, 9.17) is 4.74 Å². The van der Waals surface area contributed by atoms with Crippen molar-refractivity contribution in [3.8, 4) is 17.0 Å². The van der Waals surface area contributed by atoms with Gasteiger partial charge in [0.15, 0.2) is 0 Å². The molecule has 12 heteroatoms. The third-order valence-corrected chi connectivity index (χ3v) is 5.58. The Hall–Kier alpha value is -3.83. The van der Waals surface area contributed by atoms with Crippen molar-refractivity contribution in [3.63, 3.8) is 0 Å². The lowest BCUT2D eigenvalue weighted by Crippen LogP contribution is -2.55. The highest BCUT2D eigenvalue weighted by Crippen LogP contribution is 2.33. The summed E-state index contributed by atoms with van der Waals surface area (Å²) >= 11 is 0. The predicted molar refractivity (Wildman–Crippen MR) is 111 cm³/mol. The van der Waals surface area contributed by atoms with E-state index in [9.17, 15) is 13.6 Å². The maximum Gasteiger partial charge on any atom is 0.285 e. The molecule has 1 aliphatic rings. The molecule has 1 amide bonds. The minimum Gasteiger partial charge on any atom is -0.479 e. The molecule has 1 N–H and O–H groups in total. The number of alkyl halides is 2. The van der Waals surface area contributed by atoms with Crippen molar-refractivity contribution in [2.75, 3.05) is 25.5 Å². The van der Waals surface area contributed by atoms with Crippen LogP contribution in [-0.2, 0) is 4.79 Å². The van der Waals surface area contributed by atoms with Crippen LogP contribution < -0.4 is 10.1 Å². The second-order valence-electron chi connectivity index (χ2n) is 7.63. The van der Waals surface area contributed by atoms with Gasteiger partial charge < -0.3 is 15.0 Å². The molecule has 0 aromatic carbocycles. The predicted octanol–water partition coefficient (Wildman–Crippen LogP) is 2.12. The average molecular weight is 442 g/mol. The standard InChI is InChI=1S/C20H20F2N8O2/c1-12(31)29-6-4-15(20(21,22)11-29)25-18-26-17(32-2)16-14(3-7-30(16)27-18)13-9-24-19-23-5-8-28(19)10-13/h3,5,7-10,15H,4,6,11H2,1-2H3,(H,25,27)/t15-/m1/s1. The Balaban J connectivity index is 1.48. The molecule has 32 heavy (non-hydrogen) atoms. The van der Waals surface area contributed by atoms with Gasteiger partial charge in [-0.3, -0.25) is 9.20 Å². The Bertz CT molecular complexity index is 1320. The lowest BCUT2D eigenvalue weighted by molar-refractivity contribution is -0.140. The number of nitrogens with one attached hydrogen (secondary N) is 1. The van der Waals surface area contributed by atoms with Gasteiger partial charge in [-0.1, -0.05) is 0 Å². The van der Waals surface area contributed by atoms with E-state index in [-0.39, 0.29) is 30.7 Å². The number of ether oxygens (including phenoxy) is 1. The lowest BCUT2D eigenvalue weighted by atomic mass is 10.0. The van der Waals surface area contributed by atoms with Crippen LogP contribution in [0.15, 0.2) is 37.1 Å². The normalized spacial score (nSPS) is 18.2. The zero-order valence-electron chi connectivity index (χ0n) is 17.4. The van der Waals surface area contributed by atoms with E-state index in [2.05, 4.69) is 25.4 Å². The number of hydrogen-bond donors (Lipinski definition) is 1. The van der Waals surface area contributed by atoms with Gasteiger partial charge in [-0.15, -0.1) is 5.10 Å². The van der Waals surface area contributed by atoms with Gasteiger partial charge in [0.25, 0.3) is 5.92 Å². The van der Waals surface area contributed by atoms with Gasteiger partial charge in [-0.25, -0.2) is 23.3 Å². The van der Waals surface area contributed by atoms with Gasteiger partial charge in [0.1, 0.15) is 5.52 Å². The summed E-state index contributed by atoms with van der Waals surface area (Å²) in [5.41, 5.74) is 2.15. The average Bonchev–Trinajstić information content (AvgIpc) is 3.40. The molecule has 1 atom stereocenters. The minimum absolute atomic E-state index is 0.0145. The van der Waals surface area contributed by atoms with Gasteiger partial charge in [0, 0.05) is 55.6 Å². The van der Waals surface area contributed by atoms with E-state index < -0.39 is 18.5 Å². The molecule has 5 rings (SSSR count). The highest BCUT2D eigenvalue weighted by molar-refractivity contribution is 5.84. The summed E-state index contributed by atoms with van der Waals surface area (Å²) in [6, 6.07) is 0.624. The Morgan fingerprint density at radius 3 is 2.91 bits per heavy atom. The molecule has 1 saturated heterocycles. The number of nitrogens with zero attached hydrogens (tertiary/aromatic N) is 7. The Labute approximate surface area is 180 Å². The molecule has 5 heterocycles. The van der Waals surface area contributed by atoms with Crippen LogP contribution in [0.3, 0.4) is 0 Å². The number of hydrogen-bond acceptors (Lipinski definition) is 7. The molecule has 0 unspecified atom stereocenters. The first-order chi connectivity index (χ1) is 15.4. The van der Waals surface area contributed by atoms with Gasteiger partial charge in [-0.2, -0.15) is 4.98 Å². The number of likely N-dealkylation sites (tertiary alicyclic amines) is 1. The molecule has 1 fully saturated rings. The molecule has 4 aromatic heterocycles. The maximum atomic E-state index is 14.6. The van der Waals surface area contributed by atoms with E-state index >= 15 is 0 Å². The van der Waals surface area contributed by atoms with Crippen molar-refractivity contribution < 1.29 is 18.3 Å². The number of piperidine rings is 1. The van der Waals surface area contributed by atoms with Crippen molar-refractivity contribution in [2.45, 2.75) is 25.3 Å². The number of methoxy groups -OCH3 is 1. The maximum absolute atomic E-state index is 14.6. The molecule has 1 aliphatic heterocycles. The fraction of sp³-hybridized carbons (Fsp3) is 0.350. The number of carbonyl (C=O) groups is 1. The summed E-state index contributed by atoms with van der Waals surface area (Å²) < 4.78 is 38.0. The van der Waals surface area contributed by atoms with Crippen molar-refractivity contribution in [1.29, 1.82) is 0 Å². The molecule has 0 spiro atoms. The van der Waals surface area contributed by atoms with Crippen LogP contribution in [0.4, 0.5) is 14.7 Å². The first-order valence-electron chi connectivity index (χ1n) is 9.98. The number of anilines is 1. The van der Waals surface area contributed by atoms with Crippen LogP contribution in [0.2, 0.25) is 0 Å². The summed E-state index contributed by atoms with van der Waals surface area (Å²) in [6.45, 7) is 0.881. The molecule has 0 bridgehead atoms. The molecular weight excluding hydrogens is 422 g/mol. The van der Waals surface area contributed by atoms with Crippen LogP contribution in [0.5, 0.6) is 5.88 Å². The number of fused-ring (bicyclic) bond motifs is 2. The monoisotopic (exact) mass is 442 g/mol. The molecular formula is C20H20F2N8O2. The molecule has 10 nitrogen and oxygen atoms in total. The number of halogens is 2. The molecule has 0 radical (unpaired) electrons. The number of carbonyl (C=O) groups excluding carboxylic acids is 1. The van der Waals surface area contributed by atoms with Crippen molar-refractivity contribution >= 4 is 23.1 Å². The van der Waals surface area contributed by atoms with Gasteiger partial charge in [-0.05, 0) is 12.5 Å². The van der Waals surface area contributed by atoms with E-state index in [1.165, 1.54) is 18.5 Å². The van der Waals surface area contributed by atoms with Crippen molar-refractivity contribution in [3.05, 3.63) is 37.1 Å². The quantitative estimate of drug-likeness (QED) is 0.517. The van der Waals surface area contributed by atoms with E-state index in [0.29, 0.717) is 11.3 Å². The Morgan fingerprint density at radius 1 is 1.31 bits per heavy atom. The summed E-state index contributed by atoms with van der Waals surface area (Å²) in [7, 11) is 1.46. The molecule has 0 saturated carbocycles. The van der Waals surface area contributed by atoms with Gasteiger partial charge in [0.05, 0.1) is 19.7 Å². The first kappa shape index (κ1) is 20.1. The fourth-order valence-electron chi connectivity index (χ4n) is 3.93. The number of rotatable bonds is 4. The van der Waals surface area contributed by atoms with Gasteiger partial charge in [0.2, 0.25) is 23.5 Å². The van der Waals surface area contributed by atoms with Gasteiger partial charge >= 0.3 is 0 Å². The topological polar surface area (TPSA) is 102 Å². The fourth-order valence-corrected chi connectivity index (χ4v) is 3.93. The van der Waals surface area contributed by atoms with Crippen LogP contribution in [0.1, 0.15) is 13.3 Å². The number of aromatic nitrogens is 6. The summed E-state index contributed by atoms with van der Waals surface area (Å²) in [5, 5.41) is 7.09. The summed E-state index contributed by atoms with van der Waals surface area (Å²) in [4.78, 5) is 25.4. The van der Waals surface area contributed by atoms with Crippen LogP contribution in [0, 0.1) is 0 Å². The van der Waals surface area contributed by atoms with E-state index in [1.54, 1.807) is 29.2 Å². The molecule has 166 valence electrons. The smallest absolute Gasteiger partial charge is 0.285 e. The molecule has 4 aromatic rings. The second-order valence-corrected chi connectivity index (χ2v) is 7.63. The third-order valence-electron chi connectivity index (χ3n) is 5.58. The highest BCUT2D eigenvalue weighted by Gasteiger charge is 2.45. The zero-order chi connectivity index (χ0) is 22.5. The first-order valence-corrected chi connectivity index (χ1v) is 9.98. The SMILES string of the molecule is COc1nc(N[C@@H]2CCN(C(C)=O)CC2(F)F)nn2ccc(-c3cnc4nccn4c3)c12. The van der Waals surface area contributed by atoms with Crippen LogP contribution in [-0.4, -0.2) is 71.9 Å². The summed E-state index contributed by atoms with van der Waals surface area (Å²) in [6.07, 6.45) is 8.78. The van der Waals surface area contributed by atoms with E-state index in [1.807, 2.05) is 12.3 Å². The lowest BCUT2D eigenvalue weighted by Gasteiger charge is -2.38. The zero-order valence-corrected chi connectivity index (χ0v) is 17.4. The minimum atomic E-state index is -3.12.